The van der Waals surface area contributed by atoms with E-state index in [2.05, 4.69) is 20.4 Å². The van der Waals surface area contributed by atoms with Gasteiger partial charge in [0.25, 0.3) is 0 Å². The number of hydrogen-bond acceptors (Lipinski definition) is 5. The third-order valence-corrected chi connectivity index (χ3v) is 2.95. The normalized spacial score (nSPS) is 10.3. The maximum absolute atomic E-state index is 5.93. The molecule has 5 nitrogen and oxygen atoms in total. The molecule has 0 aliphatic rings. The van der Waals surface area contributed by atoms with E-state index in [0.717, 1.165) is 11.3 Å². The summed E-state index contributed by atoms with van der Waals surface area (Å²) in [5.41, 5.74) is 0.776. The number of hydrogen-bond donors (Lipinski definition) is 0. The Kier molecular flexibility index (Phi) is 4.02. The Morgan fingerprint density at radius 1 is 0.857 bits per heavy atom. The largest absolute Gasteiger partial charge is 0.485 e. The van der Waals surface area contributed by atoms with Gasteiger partial charge in [-0.15, -0.1) is 20.4 Å². The first-order valence-corrected chi connectivity index (χ1v) is 6.69. The Balaban J connectivity index is 1.69. The van der Waals surface area contributed by atoms with E-state index in [9.17, 15) is 0 Å². The van der Waals surface area contributed by atoms with Crippen LogP contribution in [0, 0.1) is 0 Å². The molecule has 6 heteroatoms. The van der Waals surface area contributed by atoms with E-state index < -0.39 is 0 Å². The molecule has 0 bridgehead atoms. The van der Waals surface area contributed by atoms with Crippen LogP contribution in [0.3, 0.4) is 0 Å². The van der Waals surface area contributed by atoms with Crippen LogP contribution in [-0.2, 0) is 6.61 Å². The van der Waals surface area contributed by atoms with Crippen LogP contribution in [0.25, 0.3) is 11.4 Å². The van der Waals surface area contributed by atoms with E-state index >= 15 is 0 Å². The average Bonchev–Trinajstić information content (AvgIpc) is 2.54. The van der Waals surface area contributed by atoms with Crippen molar-refractivity contribution in [2.24, 2.45) is 0 Å². The number of benzene rings is 2. The van der Waals surface area contributed by atoms with Crippen molar-refractivity contribution >= 4 is 11.6 Å². The number of rotatable bonds is 4. The van der Waals surface area contributed by atoms with Crippen molar-refractivity contribution in [1.82, 2.24) is 20.4 Å². The van der Waals surface area contributed by atoms with E-state index in [-0.39, 0.29) is 6.61 Å². The zero-order valence-electron chi connectivity index (χ0n) is 11.0. The van der Waals surface area contributed by atoms with E-state index in [1.807, 2.05) is 42.5 Å². The molecular weight excluding hydrogens is 288 g/mol. The molecule has 2 aromatic carbocycles. The standard InChI is InChI=1S/C15H11ClN4O/c16-12-6-4-5-11(9-12)15-19-17-14(18-20-15)10-21-13-7-2-1-3-8-13/h1-9H,10H2. The average molecular weight is 299 g/mol. The predicted octanol–water partition coefficient (Wildman–Crippen LogP) is 3.17. The molecule has 0 fully saturated rings. The molecule has 3 aromatic rings. The maximum Gasteiger partial charge on any atom is 0.210 e. The summed E-state index contributed by atoms with van der Waals surface area (Å²) in [6.45, 7) is 0.222. The zero-order chi connectivity index (χ0) is 14.5. The minimum Gasteiger partial charge on any atom is -0.485 e. The fourth-order valence-corrected chi connectivity index (χ4v) is 1.91. The summed E-state index contributed by atoms with van der Waals surface area (Å²) in [6.07, 6.45) is 0. The van der Waals surface area contributed by atoms with Gasteiger partial charge >= 0.3 is 0 Å². The van der Waals surface area contributed by atoms with Gasteiger partial charge in [-0.1, -0.05) is 41.9 Å². The van der Waals surface area contributed by atoms with Gasteiger partial charge in [0.1, 0.15) is 5.75 Å². The molecule has 21 heavy (non-hydrogen) atoms. The molecule has 0 unspecified atom stereocenters. The van der Waals surface area contributed by atoms with Crippen LogP contribution in [0.2, 0.25) is 5.02 Å². The number of halogens is 1. The molecule has 0 atom stereocenters. The minimum absolute atomic E-state index is 0.222. The fourth-order valence-electron chi connectivity index (χ4n) is 1.72. The summed E-state index contributed by atoms with van der Waals surface area (Å²) < 4.78 is 5.53. The monoisotopic (exact) mass is 298 g/mol. The summed E-state index contributed by atoms with van der Waals surface area (Å²) in [7, 11) is 0. The molecule has 0 aliphatic heterocycles. The van der Waals surface area contributed by atoms with E-state index in [1.165, 1.54) is 0 Å². The molecule has 0 saturated heterocycles. The van der Waals surface area contributed by atoms with Gasteiger partial charge in [0.05, 0.1) is 0 Å². The van der Waals surface area contributed by atoms with Crippen LogP contribution in [0.1, 0.15) is 5.82 Å². The summed E-state index contributed by atoms with van der Waals surface area (Å²) in [5, 5.41) is 16.7. The van der Waals surface area contributed by atoms with Crippen molar-refractivity contribution in [3.05, 3.63) is 65.4 Å². The SMILES string of the molecule is Clc1cccc(-c2nnc(COc3ccccc3)nn2)c1. The van der Waals surface area contributed by atoms with Crippen LogP contribution in [0.5, 0.6) is 5.75 Å². The Hall–Kier alpha value is -2.53. The van der Waals surface area contributed by atoms with E-state index in [4.69, 9.17) is 16.3 Å². The summed E-state index contributed by atoms with van der Waals surface area (Å²) in [5.74, 6) is 1.60. The van der Waals surface area contributed by atoms with Crippen molar-refractivity contribution in [2.75, 3.05) is 0 Å². The van der Waals surface area contributed by atoms with Crippen LogP contribution in [0.15, 0.2) is 54.6 Å². The Labute approximate surface area is 126 Å². The van der Waals surface area contributed by atoms with Gasteiger partial charge in [0, 0.05) is 10.6 Å². The first-order valence-electron chi connectivity index (χ1n) is 6.31. The van der Waals surface area contributed by atoms with E-state index in [0.29, 0.717) is 16.7 Å². The zero-order valence-corrected chi connectivity index (χ0v) is 11.7. The van der Waals surface area contributed by atoms with Crippen LogP contribution in [-0.4, -0.2) is 20.4 Å². The predicted molar refractivity (Wildman–Crippen MR) is 78.8 cm³/mol. The maximum atomic E-state index is 5.93. The van der Waals surface area contributed by atoms with Gasteiger partial charge in [-0.2, -0.15) is 0 Å². The van der Waals surface area contributed by atoms with Gasteiger partial charge in [-0.05, 0) is 24.3 Å². The molecule has 0 radical (unpaired) electrons. The molecule has 0 aliphatic carbocycles. The van der Waals surface area contributed by atoms with Crippen LogP contribution in [0.4, 0.5) is 0 Å². The summed E-state index contributed by atoms with van der Waals surface area (Å²) in [6, 6.07) is 16.7. The highest BCUT2D eigenvalue weighted by molar-refractivity contribution is 6.30. The third kappa shape index (κ3) is 3.52. The highest BCUT2D eigenvalue weighted by Crippen LogP contribution is 2.18. The van der Waals surface area contributed by atoms with Gasteiger partial charge in [0.2, 0.25) is 11.6 Å². The quantitative estimate of drug-likeness (QED) is 0.740. The molecule has 104 valence electrons. The third-order valence-electron chi connectivity index (χ3n) is 2.71. The second kappa shape index (κ2) is 6.28. The Morgan fingerprint density at radius 2 is 1.62 bits per heavy atom. The fraction of sp³-hybridized carbons (Fsp3) is 0.0667. The van der Waals surface area contributed by atoms with Crippen LogP contribution < -0.4 is 4.74 Å². The molecule has 0 spiro atoms. The minimum atomic E-state index is 0.222. The lowest BCUT2D eigenvalue weighted by Crippen LogP contribution is -2.06. The van der Waals surface area contributed by atoms with Crippen molar-refractivity contribution in [3.8, 4) is 17.1 Å². The molecule has 0 N–H and O–H groups in total. The molecule has 3 rings (SSSR count). The number of ether oxygens (including phenoxy) is 1. The smallest absolute Gasteiger partial charge is 0.210 e. The van der Waals surface area contributed by atoms with E-state index in [1.54, 1.807) is 12.1 Å². The lowest BCUT2D eigenvalue weighted by Gasteiger charge is -2.04. The lowest BCUT2D eigenvalue weighted by molar-refractivity contribution is 0.292. The second-order valence-corrected chi connectivity index (χ2v) is 4.69. The number of nitrogens with zero attached hydrogens (tertiary/aromatic N) is 4. The van der Waals surface area contributed by atoms with Gasteiger partial charge < -0.3 is 4.74 Å². The topological polar surface area (TPSA) is 60.8 Å². The van der Waals surface area contributed by atoms with Crippen LogP contribution >= 0.6 is 11.6 Å². The molecule has 1 heterocycles. The van der Waals surface area contributed by atoms with Crippen molar-refractivity contribution < 1.29 is 4.74 Å². The Morgan fingerprint density at radius 3 is 2.33 bits per heavy atom. The molecule has 0 saturated carbocycles. The van der Waals surface area contributed by atoms with Crippen molar-refractivity contribution in [1.29, 1.82) is 0 Å². The Bertz CT molecular complexity index is 719. The number of para-hydroxylation sites is 1. The molecule has 1 aromatic heterocycles. The highest BCUT2D eigenvalue weighted by atomic mass is 35.5. The van der Waals surface area contributed by atoms with Crippen molar-refractivity contribution in [2.45, 2.75) is 6.61 Å². The molecule has 0 amide bonds. The van der Waals surface area contributed by atoms with Gasteiger partial charge in [-0.3, -0.25) is 0 Å². The summed E-state index contributed by atoms with van der Waals surface area (Å²) >= 11 is 5.93. The first kappa shape index (κ1) is 13.5. The van der Waals surface area contributed by atoms with Gasteiger partial charge in [-0.25, -0.2) is 0 Å². The highest BCUT2D eigenvalue weighted by Gasteiger charge is 2.05. The first-order chi connectivity index (χ1) is 10.3. The summed E-state index contributed by atoms with van der Waals surface area (Å²) in [4.78, 5) is 0. The second-order valence-electron chi connectivity index (χ2n) is 4.25. The van der Waals surface area contributed by atoms with Crippen molar-refractivity contribution in [3.63, 3.8) is 0 Å². The number of aromatic nitrogens is 4. The van der Waals surface area contributed by atoms with Gasteiger partial charge in [0.15, 0.2) is 6.61 Å². The lowest BCUT2D eigenvalue weighted by atomic mass is 10.2. The molecular formula is C15H11ClN4O.